The lowest BCUT2D eigenvalue weighted by Gasteiger charge is -2.23. The molecule has 0 spiro atoms. The van der Waals surface area contributed by atoms with E-state index in [1.807, 2.05) is 0 Å². The van der Waals surface area contributed by atoms with E-state index >= 15 is 0 Å². The highest BCUT2D eigenvalue weighted by molar-refractivity contribution is 7.91. The molecule has 2 aliphatic heterocycles. The van der Waals surface area contributed by atoms with Gasteiger partial charge in [0.25, 0.3) is 0 Å². The summed E-state index contributed by atoms with van der Waals surface area (Å²) in [7, 11) is -3.01. The van der Waals surface area contributed by atoms with Crippen LogP contribution in [0.5, 0.6) is 0 Å². The third-order valence-electron chi connectivity index (χ3n) is 4.20. The van der Waals surface area contributed by atoms with Gasteiger partial charge in [-0.3, -0.25) is 9.59 Å². The van der Waals surface area contributed by atoms with Crippen molar-refractivity contribution in [2.45, 2.75) is 39.2 Å². The maximum atomic E-state index is 12.1. The highest BCUT2D eigenvalue weighted by atomic mass is 32.2. The van der Waals surface area contributed by atoms with Gasteiger partial charge in [-0.1, -0.05) is 13.8 Å². The number of rotatable bonds is 5. The molecule has 2 amide bonds. The topological polar surface area (TPSA) is 83.6 Å². The van der Waals surface area contributed by atoms with Crippen LogP contribution in [0.1, 0.15) is 33.1 Å². The lowest BCUT2D eigenvalue weighted by atomic mass is 10.1. The Balaban J connectivity index is 1.86. The van der Waals surface area contributed by atoms with Gasteiger partial charge >= 0.3 is 0 Å². The lowest BCUT2D eigenvalue weighted by Crippen LogP contribution is -2.39. The van der Waals surface area contributed by atoms with Crippen molar-refractivity contribution in [1.29, 1.82) is 0 Å². The summed E-state index contributed by atoms with van der Waals surface area (Å²) >= 11 is 0. The fraction of sp³-hybridized carbons (Fsp3) is 0.857. The van der Waals surface area contributed by atoms with Crippen molar-refractivity contribution in [3.8, 4) is 0 Å². The number of carbonyl (C=O) groups excluding carboxylic acids is 2. The Morgan fingerprint density at radius 1 is 1.43 bits per heavy atom. The second-order valence-corrected chi connectivity index (χ2v) is 8.71. The van der Waals surface area contributed by atoms with E-state index in [1.54, 1.807) is 4.90 Å². The summed E-state index contributed by atoms with van der Waals surface area (Å²) in [5.41, 5.74) is 0. The van der Waals surface area contributed by atoms with Crippen molar-refractivity contribution < 1.29 is 18.0 Å². The summed E-state index contributed by atoms with van der Waals surface area (Å²) in [4.78, 5) is 25.7. The van der Waals surface area contributed by atoms with Gasteiger partial charge in [0.05, 0.1) is 17.4 Å². The van der Waals surface area contributed by atoms with Gasteiger partial charge in [-0.15, -0.1) is 0 Å². The normalized spacial score (nSPS) is 28.3. The van der Waals surface area contributed by atoms with Crippen LogP contribution in [0, 0.1) is 11.8 Å². The Morgan fingerprint density at radius 2 is 2.14 bits per heavy atom. The molecule has 0 unspecified atom stereocenters. The average Bonchev–Trinajstić information content (AvgIpc) is 2.91. The van der Waals surface area contributed by atoms with E-state index in [0.29, 0.717) is 25.4 Å². The molecule has 0 saturated carbocycles. The minimum absolute atomic E-state index is 0.0421. The molecule has 0 radical (unpaired) electrons. The summed E-state index contributed by atoms with van der Waals surface area (Å²) in [6, 6.07) is -0.240. The Morgan fingerprint density at radius 3 is 2.71 bits per heavy atom. The number of likely N-dealkylation sites (tertiary alicyclic amines) is 1. The van der Waals surface area contributed by atoms with E-state index in [1.165, 1.54) is 0 Å². The molecule has 120 valence electrons. The van der Waals surface area contributed by atoms with Crippen LogP contribution in [0.3, 0.4) is 0 Å². The molecule has 0 aromatic rings. The van der Waals surface area contributed by atoms with E-state index in [0.717, 1.165) is 6.42 Å². The molecule has 2 atom stereocenters. The fourth-order valence-corrected chi connectivity index (χ4v) is 4.64. The number of nitrogens with one attached hydrogen (secondary N) is 1. The molecule has 0 bridgehead atoms. The molecule has 0 aromatic heterocycles. The van der Waals surface area contributed by atoms with E-state index in [-0.39, 0.29) is 41.7 Å². The first-order valence-corrected chi connectivity index (χ1v) is 9.38. The molecular formula is C14H24N2O4S. The monoisotopic (exact) mass is 316 g/mol. The number of amides is 2. The molecule has 2 aliphatic rings. The number of sulfone groups is 1. The third-order valence-corrected chi connectivity index (χ3v) is 5.95. The van der Waals surface area contributed by atoms with E-state index < -0.39 is 9.84 Å². The standard InChI is InChI=1S/C14H24N2O4S/c1-10(2)3-5-15-14(18)11-7-13(17)16(8-11)12-4-6-21(19,20)9-12/h10-12H,3-9H2,1-2H3,(H,15,18)/t11-,12+/m1/s1. The predicted molar refractivity (Wildman–Crippen MR) is 79.3 cm³/mol. The predicted octanol–water partition coefficient (Wildman–Crippen LogP) is 0.184. The Bertz CT molecular complexity index is 515. The zero-order valence-electron chi connectivity index (χ0n) is 12.7. The van der Waals surface area contributed by atoms with Crippen molar-refractivity contribution in [2.24, 2.45) is 11.8 Å². The molecule has 2 rings (SSSR count). The van der Waals surface area contributed by atoms with Crippen LogP contribution in [0.4, 0.5) is 0 Å². The van der Waals surface area contributed by atoms with Crippen LogP contribution in [0.2, 0.25) is 0 Å². The molecular weight excluding hydrogens is 292 g/mol. The maximum absolute atomic E-state index is 12.1. The van der Waals surface area contributed by atoms with Crippen molar-refractivity contribution in [3.63, 3.8) is 0 Å². The fourth-order valence-electron chi connectivity index (χ4n) is 2.91. The van der Waals surface area contributed by atoms with Gasteiger partial charge in [0.15, 0.2) is 9.84 Å². The minimum Gasteiger partial charge on any atom is -0.356 e. The molecule has 2 heterocycles. The second kappa shape index (κ2) is 6.34. The van der Waals surface area contributed by atoms with Gasteiger partial charge in [-0.2, -0.15) is 0 Å². The minimum atomic E-state index is -3.01. The first kappa shape index (κ1) is 16.3. The Kier molecular flexibility index (Phi) is 4.91. The van der Waals surface area contributed by atoms with Gasteiger partial charge in [-0.05, 0) is 18.8 Å². The molecule has 2 saturated heterocycles. The van der Waals surface area contributed by atoms with Gasteiger partial charge in [-0.25, -0.2) is 8.42 Å². The number of hydrogen-bond acceptors (Lipinski definition) is 4. The molecule has 0 aromatic carbocycles. The van der Waals surface area contributed by atoms with Crippen LogP contribution < -0.4 is 5.32 Å². The zero-order chi connectivity index (χ0) is 15.6. The molecule has 1 N–H and O–H groups in total. The molecule has 2 fully saturated rings. The van der Waals surface area contributed by atoms with E-state index in [9.17, 15) is 18.0 Å². The largest absolute Gasteiger partial charge is 0.356 e. The van der Waals surface area contributed by atoms with E-state index in [4.69, 9.17) is 0 Å². The molecule has 0 aliphatic carbocycles. The average molecular weight is 316 g/mol. The van der Waals surface area contributed by atoms with Gasteiger partial charge in [0, 0.05) is 25.6 Å². The van der Waals surface area contributed by atoms with Crippen molar-refractivity contribution in [1.82, 2.24) is 10.2 Å². The summed E-state index contributed by atoms with van der Waals surface area (Å²) in [5, 5.41) is 2.87. The third kappa shape index (κ3) is 4.18. The van der Waals surface area contributed by atoms with Crippen molar-refractivity contribution in [3.05, 3.63) is 0 Å². The van der Waals surface area contributed by atoms with Crippen molar-refractivity contribution >= 4 is 21.7 Å². The zero-order valence-corrected chi connectivity index (χ0v) is 13.5. The lowest BCUT2D eigenvalue weighted by molar-refractivity contribution is -0.130. The summed E-state index contributed by atoms with van der Waals surface area (Å²) in [5.74, 6) is 0.185. The first-order chi connectivity index (χ1) is 9.78. The number of nitrogens with zero attached hydrogens (tertiary/aromatic N) is 1. The highest BCUT2D eigenvalue weighted by Gasteiger charge is 2.41. The summed E-state index contributed by atoms with van der Waals surface area (Å²) < 4.78 is 23.0. The van der Waals surface area contributed by atoms with Crippen LogP contribution >= 0.6 is 0 Å². The SMILES string of the molecule is CC(C)CCNC(=O)[C@@H]1CC(=O)N([C@H]2CCS(=O)(=O)C2)C1. The summed E-state index contributed by atoms with van der Waals surface area (Å²) in [6.07, 6.45) is 1.61. The van der Waals surface area contributed by atoms with Crippen molar-refractivity contribution in [2.75, 3.05) is 24.6 Å². The quantitative estimate of drug-likeness (QED) is 0.784. The van der Waals surface area contributed by atoms with Crippen LogP contribution in [0.25, 0.3) is 0 Å². The van der Waals surface area contributed by atoms with Crippen LogP contribution in [0.15, 0.2) is 0 Å². The first-order valence-electron chi connectivity index (χ1n) is 7.56. The van der Waals surface area contributed by atoms with Gasteiger partial charge in [0.1, 0.15) is 0 Å². The Hall–Kier alpha value is -1.11. The highest BCUT2D eigenvalue weighted by Crippen LogP contribution is 2.26. The van der Waals surface area contributed by atoms with Crippen LogP contribution in [-0.4, -0.2) is 55.8 Å². The molecule has 21 heavy (non-hydrogen) atoms. The molecule has 6 nitrogen and oxygen atoms in total. The number of carbonyl (C=O) groups is 2. The van der Waals surface area contributed by atoms with Gasteiger partial charge in [0.2, 0.25) is 11.8 Å². The second-order valence-electron chi connectivity index (χ2n) is 6.48. The summed E-state index contributed by atoms with van der Waals surface area (Å²) in [6.45, 7) is 5.16. The van der Waals surface area contributed by atoms with E-state index in [2.05, 4.69) is 19.2 Å². The number of hydrogen-bond donors (Lipinski definition) is 1. The smallest absolute Gasteiger partial charge is 0.225 e. The molecule has 7 heteroatoms. The van der Waals surface area contributed by atoms with Crippen LogP contribution in [-0.2, 0) is 19.4 Å². The Labute approximate surface area is 126 Å². The maximum Gasteiger partial charge on any atom is 0.225 e. The van der Waals surface area contributed by atoms with Gasteiger partial charge < -0.3 is 10.2 Å².